The molecule has 3 heterocycles. The minimum Gasteiger partial charge on any atom is -0.334 e. The van der Waals surface area contributed by atoms with Gasteiger partial charge in [0.1, 0.15) is 13.3 Å². The van der Waals surface area contributed by atoms with Crippen molar-refractivity contribution in [2.24, 2.45) is 4.99 Å². The van der Waals surface area contributed by atoms with Gasteiger partial charge in [-0.1, -0.05) is 23.5 Å². The van der Waals surface area contributed by atoms with Gasteiger partial charge in [0.05, 0.1) is 4.53 Å². The van der Waals surface area contributed by atoms with Crippen LogP contribution in [0.1, 0.15) is 16.7 Å². The van der Waals surface area contributed by atoms with Crippen molar-refractivity contribution in [3.8, 4) is 0 Å². The summed E-state index contributed by atoms with van der Waals surface area (Å²) in [7, 11) is 0. The van der Waals surface area contributed by atoms with Crippen LogP contribution < -0.4 is 19.8 Å². The van der Waals surface area contributed by atoms with Crippen LogP contribution in [0.15, 0.2) is 52.5 Å². The number of rotatable bonds is 2. The molecule has 0 amide bonds. The lowest BCUT2D eigenvalue weighted by Crippen LogP contribution is -2.42. The highest BCUT2D eigenvalue weighted by Gasteiger charge is 2.16. The summed E-state index contributed by atoms with van der Waals surface area (Å²) in [6.07, 6.45) is 5.35. The van der Waals surface area contributed by atoms with Crippen molar-refractivity contribution in [1.82, 2.24) is 9.55 Å². The molecular formula is C19H18N4OS. The first-order valence-electron chi connectivity index (χ1n) is 8.09. The van der Waals surface area contributed by atoms with Crippen molar-refractivity contribution in [2.45, 2.75) is 20.5 Å². The Bertz CT molecular complexity index is 1080. The zero-order valence-corrected chi connectivity index (χ0v) is 15.0. The molecule has 0 radical (unpaired) electrons. The van der Waals surface area contributed by atoms with E-state index < -0.39 is 0 Å². The fraction of sp³-hybridized carbons (Fsp3) is 0.211. The van der Waals surface area contributed by atoms with E-state index >= 15 is 0 Å². The number of anilines is 1. The van der Waals surface area contributed by atoms with Gasteiger partial charge in [0.25, 0.3) is 5.56 Å². The van der Waals surface area contributed by atoms with Crippen molar-refractivity contribution in [3.05, 3.63) is 79.1 Å². The molecule has 0 bridgehead atoms. The molecule has 1 aliphatic heterocycles. The third kappa shape index (κ3) is 3.13. The second kappa shape index (κ2) is 6.29. The molecule has 0 fully saturated rings. The lowest BCUT2D eigenvalue weighted by Gasteiger charge is -2.26. The highest BCUT2D eigenvalue weighted by atomic mass is 32.1. The molecular weight excluding hydrogens is 332 g/mol. The predicted octanol–water partition coefficient (Wildman–Crippen LogP) is 1.81. The number of pyridine rings is 1. The maximum absolute atomic E-state index is 12.8. The molecule has 1 aromatic carbocycles. The third-order valence-corrected chi connectivity index (χ3v) is 5.18. The maximum atomic E-state index is 12.8. The van der Waals surface area contributed by atoms with E-state index in [1.807, 2.05) is 18.2 Å². The number of aryl methyl sites for hydroxylation is 2. The summed E-state index contributed by atoms with van der Waals surface area (Å²) >= 11 is 1.43. The minimum absolute atomic E-state index is 0.00155. The number of hydrogen-bond acceptors (Lipinski definition) is 5. The standard InChI is InChI=1S/C19H18N4OS/c1-13-6-14(2)8-16(7-13)22-11-21-19-23(12-22)18(24)17(25-19)9-15-4-3-5-20-10-15/h3-10H,11-12H2,1-2H3. The van der Waals surface area contributed by atoms with E-state index in [1.54, 1.807) is 17.0 Å². The van der Waals surface area contributed by atoms with Crippen LogP contribution in [0.4, 0.5) is 5.69 Å². The molecule has 0 aliphatic carbocycles. The number of benzene rings is 1. The van der Waals surface area contributed by atoms with Crippen LogP contribution in [0.25, 0.3) is 6.08 Å². The van der Waals surface area contributed by atoms with Crippen molar-refractivity contribution < 1.29 is 0 Å². The summed E-state index contributed by atoms with van der Waals surface area (Å²) in [5, 5.41) is 0. The Labute approximate surface area is 149 Å². The van der Waals surface area contributed by atoms with Crippen molar-refractivity contribution in [3.63, 3.8) is 0 Å². The normalized spacial score (nSPS) is 14.3. The van der Waals surface area contributed by atoms with Crippen molar-refractivity contribution >= 4 is 23.1 Å². The van der Waals surface area contributed by atoms with Crippen LogP contribution in [0.3, 0.4) is 0 Å². The lowest BCUT2D eigenvalue weighted by molar-refractivity contribution is 0.569. The van der Waals surface area contributed by atoms with Gasteiger partial charge >= 0.3 is 0 Å². The van der Waals surface area contributed by atoms with Crippen LogP contribution in [0.5, 0.6) is 0 Å². The second-order valence-electron chi connectivity index (χ2n) is 6.24. The Morgan fingerprint density at radius 2 is 2.00 bits per heavy atom. The van der Waals surface area contributed by atoms with Crippen LogP contribution in [0.2, 0.25) is 0 Å². The van der Waals surface area contributed by atoms with Crippen molar-refractivity contribution in [2.75, 3.05) is 11.6 Å². The quantitative estimate of drug-likeness (QED) is 0.708. The van der Waals surface area contributed by atoms with Gasteiger partial charge in [-0.3, -0.25) is 14.3 Å². The zero-order valence-electron chi connectivity index (χ0n) is 14.1. The summed E-state index contributed by atoms with van der Waals surface area (Å²) in [6, 6.07) is 10.2. The van der Waals surface area contributed by atoms with Gasteiger partial charge in [0, 0.05) is 18.1 Å². The predicted molar refractivity (Wildman–Crippen MR) is 100 cm³/mol. The average molecular weight is 350 g/mol. The molecule has 1 aliphatic rings. The summed E-state index contributed by atoms with van der Waals surface area (Å²) in [5.74, 6) is 0. The van der Waals surface area contributed by atoms with E-state index in [0.29, 0.717) is 17.9 Å². The van der Waals surface area contributed by atoms with Crippen LogP contribution in [-0.4, -0.2) is 16.2 Å². The summed E-state index contributed by atoms with van der Waals surface area (Å²) < 4.78 is 2.43. The van der Waals surface area contributed by atoms with Gasteiger partial charge in [-0.05, 0) is 54.8 Å². The van der Waals surface area contributed by atoms with E-state index in [0.717, 1.165) is 16.1 Å². The minimum atomic E-state index is 0.00155. The molecule has 126 valence electrons. The van der Waals surface area contributed by atoms with E-state index in [4.69, 9.17) is 0 Å². The van der Waals surface area contributed by atoms with Crippen LogP contribution >= 0.6 is 11.3 Å². The fourth-order valence-electron chi connectivity index (χ4n) is 3.02. The molecule has 2 aromatic heterocycles. The number of hydrogen-bond donors (Lipinski definition) is 0. The Morgan fingerprint density at radius 3 is 2.72 bits per heavy atom. The number of aromatic nitrogens is 2. The molecule has 0 spiro atoms. The Morgan fingerprint density at radius 1 is 1.20 bits per heavy atom. The molecule has 5 nitrogen and oxygen atoms in total. The number of thiazole rings is 1. The van der Waals surface area contributed by atoms with Gasteiger partial charge in [-0.25, -0.2) is 4.99 Å². The van der Waals surface area contributed by atoms with Gasteiger partial charge in [-0.15, -0.1) is 0 Å². The first-order chi connectivity index (χ1) is 12.1. The van der Waals surface area contributed by atoms with Gasteiger partial charge < -0.3 is 4.90 Å². The highest BCUT2D eigenvalue weighted by Crippen LogP contribution is 2.19. The first-order valence-corrected chi connectivity index (χ1v) is 8.91. The van der Waals surface area contributed by atoms with E-state index in [1.165, 1.54) is 22.5 Å². The van der Waals surface area contributed by atoms with Gasteiger partial charge in [0.15, 0.2) is 4.80 Å². The molecule has 0 N–H and O–H groups in total. The molecule has 0 unspecified atom stereocenters. The average Bonchev–Trinajstić information content (AvgIpc) is 2.90. The Hall–Kier alpha value is -2.73. The van der Waals surface area contributed by atoms with Gasteiger partial charge in [-0.2, -0.15) is 0 Å². The van der Waals surface area contributed by atoms with E-state index in [-0.39, 0.29) is 5.56 Å². The SMILES string of the molecule is Cc1cc(C)cc(N2CN=c3sc(=Cc4cccnc4)c(=O)n3C2)c1. The molecule has 4 rings (SSSR count). The molecule has 0 atom stereocenters. The smallest absolute Gasteiger partial charge is 0.271 e. The van der Waals surface area contributed by atoms with Gasteiger partial charge in [0.2, 0.25) is 0 Å². The summed E-state index contributed by atoms with van der Waals surface area (Å²) in [6.45, 7) is 5.26. The summed E-state index contributed by atoms with van der Waals surface area (Å²) in [5.41, 5.74) is 4.45. The van der Waals surface area contributed by atoms with E-state index in [9.17, 15) is 4.79 Å². The third-order valence-electron chi connectivity index (χ3n) is 4.13. The first kappa shape index (κ1) is 15.8. The highest BCUT2D eigenvalue weighted by molar-refractivity contribution is 7.07. The maximum Gasteiger partial charge on any atom is 0.271 e. The monoisotopic (exact) mass is 350 g/mol. The van der Waals surface area contributed by atoms with E-state index in [2.05, 4.69) is 46.9 Å². The molecule has 0 saturated carbocycles. The molecule has 25 heavy (non-hydrogen) atoms. The number of nitrogens with zero attached hydrogens (tertiary/aromatic N) is 4. The number of fused-ring (bicyclic) bond motifs is 1. The topological polar surface area (TPSA) is 50.5 Å². The molecule has 6 heteroatoms. The zero-order chi connectivity index (χ0) is 17.4. The fourth-order valence-corrected chi connectivity index (χ4v) is 3.98. The van der Waals surface area contributed by atoms with Crippen LogP contribution in [0, 0.1) is 13.8 Å². The summed E-state index contributed by atoms with van der Waals surface area (Å²) in [4.78, 5) is 24.4. The Balaban J connectivity index is 1.73. The van der Waals surface area contributed by atoms with Crippen LogP contribution in [-0.2, 0) is 6.67 Å². The van der Waals surface area contributed by atoms with Crippen molar-refractivity contribution in [1.29, 1.82) is 0 Å². The molecule has 0 saturated heterocycles. The molecule has 3 aromatic rings. The Kier molecular flexibility index (Phi) is 3.97. The second-order valence-corrected chi connectivity index (χ2v) is 7.25. The largest absolute Gasteiger partial charge is 0.334 e. The lowest BCUT2D eigenvalue weighted by atomic mass is 10.1.